The number of nitrogens with one attached hydrogen (secondary N) is 2. The van der Waals surface area contributed by atoms with E-state index in [1.165, 1.54) is 4.90 Å². The lowest BCUT2D eigenvalue weighted by Crippen LogP contribution is -2.52. The van der Waals surface area contributed by atoms with Crippen LogP contribution in [-0.4, -0.2) is 65.9 Å². The highest BCUT2D eigenvalue weighted by atomic mass is 16.5. The lowest BCUT2D eigenvalue weighted by atomic mass is 10.0. The second-order valence-corrected chi connectivity index (χ2v) is 8.06. The van der Waals surface area contributed by atoms with Crippen LogP contribution in [-0.2, 0) is 27.4 Å². The lowest BCUT2D eigenvalue weighted by Gasteiger charge is -2.37. The molecule has 1 aromatic carbocycles. The van der Waals surface area contributed by atoms with E-state index in [4.69, 9.17) is 4.74 Å². The van der Waals surface area contributed by atoms with Crippen molar-refractivity contribution < 1.29 is 23.9 Å². The molecule has 2 N–H and O–H groups in total. The van der Waals surface area contributed by atoms with Crippen LogP contribution in [0.25, 0.3) is 0 Å². The van der Waals surface area contributed by atoms with E-state index in [1.54, 1.807) is 6.07 Å². The van der Waals surface area contributed by atoms with Gasteiger partial charge in [0.2, 0.25) is 11.8 Å². The second kappa shape index (κ2) is 8.43. The SMILES string of the molecule is CCN1CC(COC(=O)NCc2ccc3c(c2)C(=O)N(C2CCC(=O)NC2=O)C3)C1. The Morgan fingerprint density at radius 2 is 2.07 bits per heavy atom. The fourth-order valence-electron chi connectivity index (χ4n) is 4.17. The van der Waals surface area contributed by atoms with Gasteiger partial charge in [0.25, 0.3) is 5.91 Å². The summed E-state index contributed by atoms with van der Waals surface area (Å²) in [6.07, 6.45) is 0.0919. The van der Waals surface area contributed by atoms with Gasteiger partial charge in [-0.15, -0.1) is 0 Å². The molecule has 0 spiro atoms. The highest BCUT2D eigenvalue weighted by molar-refractivity contribution is 6.05. The van der Waals surface area contributed by atoms with Crippen molar-refractivity contribution >= 4 is 23.8 Å². The number of imide groups is 1. The minimum atomic E-state index is -0.630. The van der Waals surface area contributed by atoms with Crippen molar-refractivity contribution in [3.63, 3.8) is 0 Å². The zero-order valence-corrected chi connectivity index (χ0v) is 17.0. The zero-order valence-electron chi connectivity index (χ0n) is 17.0. The molecule has 3 heterocycles. The van der Waals surface area contributed by atoms with Gasteiger partial charge in [0.15, 0.2) is 0 Å². The van der Waals surface area contributed by atoms with Crippen LogP contribution in [0.3, 0.4) is 0 Å². The summed E-state index contributed by atoms with van der Waals surface area (Å²) in [7, 11) is 0. The molecule has 0 aromatic heterocycles. The van der Waals surface area contributed by atoms with E-state index in [-0.39, 0.29) is 24.8 Å². The van der Waals surface area contributed by atoms with Gasteiger partial charge in [-0.3, -0.25) is 19.7 Å². The molecule has 1 atom stereocenters. The molecule has 1 unspecified atom stereocenters. The predicted octanol–water partition coefficient (Wildman–Crippen LogP) is 0.626. The van der Waals surface area contributed by atoms with Crippen molar-refractivity contribution in [2.75, 3.05) is 26.2 Å². The molecule has 4 amide bonds. The van der Waals surface area contributed by atoms with E-state index in [2.05, 4.69) is 22.5 Å². The standard InChI is InChI=1S/C21H26N4O5/c1-2-24-9-14(10-24)12-30-21(29)22-8-13-3-4-15-11-25(20(28)16(15)7-13)17-5-6-18(26)23-19(17)27/h3-4,7,14,17H,2,5-6,8-12H2,1H3,(H,22,29)(H,23,26,27). The number of likely N-dealkylation sites (tertiary alicyclic amines) is 1. The number of piperidine rings is 1. The Labute approximate surface area is 174 Å². The Bertz CT molecular complexity index is 880. The maximum Gasteiger partial charge on any atom is 0.407 e. The maximum absolute atomic E-state index is 12.8. The number of rotatable bonds is 6. The van der Waals surface area contributed by atoms with Gasteiger partial charge in [-0.1, -0.05) is 19.1 Å². The van der Waals surface area contributed by atoms with Crippen LogP contribution in [0.4, 0.5) is 4.79 Å². The molecule has 2 fully saturated rings. The first-order chi connectivity index (χ1) is 14.4. The van der Waals surface area contributed by atoms with Gasteiger partial charge in [0.1, 0.15) is 6.04 Å². The van der Waals surface area contributed by atoms with E-state index < -0.39 is 18.0 Å². The fraction of sp³-hybridized carbons (Fsp3) is 0.524. The number of amides is 4. The van der Waals surface area contributed by atoms with Gasteiger partial charge in [-0.05, 0) is 30.2 Å². The number of hydrogen-bond acceptors (Lipinski definition) is 6. The Morgan fingerprint density at radius 1 is 1.27 bits per heavy atom. The summed E-state index contributed by atoms with van der Waals surface area (Å²) in [4.78, 5) is 52.0. The third-order valence-electron chi connectivity index (χ3n) is 5.96. The molecule has 3 aliphatic rings. The number of carbonyl (C=O) groups is 4. The quantitative estimate of drug-likeness (QED) is 0.661. The monoisotopic (exact) mass is 414 g/mol. The van der Waals surface area contributed by atoms with E-state index >= 15 is 0 Å². The summed E-state index contributed by atoms with van der Waals surface area (Å²) >= 11 is 0. The molecule has 9 nitrogen and oxygen atoms in total. The van der Waals surface area contributed by atoms with Gasteiger partial charge in [0, 0.05) is 44.1 Å². The summed E-state index contributed by atoms with van der Waals surface area (Å²) in [5, 5.41) is 5.01. The minimum Gasteiger partial charge on any atom is -0.449 e. The van der Waals surface area contributed by atoms with Crippen LogP contribution in [0.1, 0.15) is 41.3 Å². The smallest absolute Gasteiger partial charge is 0.407 e. The average Bonchev–Trinajstić information content (AvgIpc) is 3.01. The highest BCUT2D eigenvalue weighted by Gasteiger charge is 2.39. The largest absolute Gasteiger partial charge is 0.449 e. The van der Waals surface area contributed by atoms with Crippen molar-refractivity contribution in [3.8, 4) is 0 Å². The van der Waals surface area contributed by atoms with Gasteiger partial charge < -0.3 is 19.9 Å². The lowest BCUT2D eigenvalue weighted by molar-refractivity contribution is -0.136. The molecule has 9 heteroatoms. The Morgan fingerprint density at radius 3 is 2.80 bits per heavy atom. The van der Waals surface area contributed by atoms with Crippen LogP contribution < -0.4 is 10.6 Å². The van der Waals surface area contributed by atoms with Gasteiger partial charge in [0.05, 0.1) is 6.61 Å². The Balaban J connectivity index is 1.29. The molecule has 0 saturated carbocycles. The molecule has 2 saturated heterocycles. The minimum absolute atomic E-state index is 0.227. The van der Waals surface area contributed by atoms with E-state index in [0.717, 1.165) is 30.8 Å². The maximum atomic E-state index is 12.8. The number of hydrogen-bond donors (Lipinski definition) is 2. The number of nitrogens with zero attached hydrogens (tertiary/aromatic N) is 2. The summed E-state index contributed by atoms with van der Waals surface area (Å²) in [6, 6.07) is 4.81. The Hall–Kier alpha value is -2.94. The van der Waals surface area contributed by atoms with Crippen LogP contribution in [0.15, 0.2) is 18.2 Å². The van der Waals surface area contributed by atoms with Gasteiger partial charge >= 0.3 is 6.09 Å². The first kappa shape index (κ1) is 20.3. The molecule has 0 radical (unpaired) electrons. The number of benzene rings is 1. The molecule has 160 valence electrons. The summed E-state index contributed by atoms with van der Waals surface area (Å²) in [5.41, 5.74) is 2.15. The van der Waals surface area contributed by atoms with Crippen LogP contribution >= 0.6 is 0 Å². The van der Waals surface area contributed by atoms with Crippen molar-refractivity contribution in [1.82, 2.24) is 20.4 Å². The second-order valence-electron chi connectivity index (χ2n) is 8.06. The molecule has 0 aliphatic carbocycles. The van der Waals surface area contributed by atoms with Crippen LogP contribution in [0.5, 0.6) is 0 Å². The predicted molar refractivity (Wildman–Crippen MR) is 106 cm³/mol. The molecular formula is C21H26N4O5. The zero-order chi connectivity index (χ0) is 21.3. The number of ether oxygens (including phenoxy) is 1. The third-order valence-corrected chi connectivity index (χ3v) is 5.96. The normalized spacial score (nSPS) is 21.8. The van der Waals surface area contributed by atoms with Crippen LogP contribution in [0, 0.1) is 5.92 Å². The number of alkyl carbamates (subject to hydrolysis) is 1. The van der Waals surface area contributed by atoms with Gasteiger partial charge in [-0.2, -0.15) is 0 Å². The van der Waals surface area contributed by atoms with Crippen molar-refractivity contribution in [2.45, 2.75) is 38.9 Å². The Kier molecular flexibility index (Phi) is 5.72. The molecule has 1 aromatic rings. The first-order valence-electron chi connectivity index (χ1n) is 10.3. The molecule has 30 heavy (non-hydrogen) atoms. The van der Waals surface area contributed by atoms with E-state index in [9.17, 15) is 19.2 Å². The average molecular weight is 414 g/mol. The highest BCUT2D eigenvalue weighted by Crippen LogP contribution is 2.28. The number of carbonyl (C=O) groups excluding carboxylic acids is 4. The van der Waals surface area contributed by atoms with Crippen LogP contribution in [0.2, 0.25) is 0 Å². The van der Waals surface area contributed by atoms with Crippen molar-refractivity contribution in [3.05, 3.63) is 34.9 Å². The molecule has 3 aliphatic heterocycles. The molecule has 0 bridgehead atoms. The third kappa shape index (κ3) is 4.16. The summed E-state index contributed by atoms with van der Waals surface area (Å²) in [5.74, 6) is -0.563. The first-order valence-corrected chi connectivity index (χ1v) is 10.3. The van der Waals surface area contributed by atoms with Crippen molar-refractivity contribution in [2.24, 2.45) is 5.92 Å². The van der Waals surface area contributed by atoms with E-state index in [0.29, 0.717) is 31.1 Å². The topological polar surface area (TPSA) is 108 Å². The van der Waals surface area contributed by atoms with Gasteiger partial charge in [-0.25, -0.2) is 4.79 Å². The fourth-order valence-corrected chi connectivity index (χ4v) is 4.17. The molecular weight excluding hydrogens is 388 g/mol. The van der Waals surface area contributed by atoms with Crippen molar-refractivity contribution in [1.29, 1.82) is 0 Å². The summed E-state index contributed by atoms with van der Waals surface area (Å²) < 4.78 is 5.27. The molecule has 4 rings (SSSR count). The number of fused-ring (bicyclic) bond motifs is 1. The van der Waals surface area contributed by atoms with E-state index in [1.807, 2.05) is 12.1 Å². The summed E-state index contributed by atoms with van der Waals surface area (Å²) in [6.45, 7) is 6.04.